The standard InChI is InChI=1S/C16H23N3O4/c1-3-17-16(22)19-15(21)14(12-8-5-4-6-9-12)18-11-7-10-13(20)23-2/h4-6,8-9,14,18H,3,7,10-11H2,1-2H3,(H2,17,19,21,22)/t14-/m0/s1. The zero-order chi connectivity index (χ0) is 17.1. The van der Waals surface area contributed by atoms with E-state index in [4.69, 9.17) is 0 Å². The fourth-order valence-electron chi connectivity index (χ4n) is 1.98. The van der Waals surface area contributed by atoms with Crippen LogP contribution in [-0.4, -0.2) is 38.1 Å². The maximum absolute atomic E-state index is 12.3. The molecule has 7 heteroatoms. The fraction of sp³-hybridized carbons (Fsp3) is 0.438. The minimum atomic E-state index is -0.670. The molecule has 3 N–H and O–H groups in total. The number of urea groups is 1. The van der Waals surface area contributed by atoms with Crippen molar-refractivity contribution in [1.29, 1.82) is 0 Å². The molecule has 1 atom stereocenters. The largest absolute Gasteiger partial charge is 0.469 e. The van der Waals surface area contributed by atoms with E-state index in [1.165, 1.54) is 7.11 Å². The highest BCUT2D eigenvalue weighted by atomic mass is 16.5. The molecule has 0 aromatic heterocycles. The number of methoxy groups -OCH3 is 1. The number of carbonyl (C=O) groups is 3. The van der Waals surface area contributed by atoms with Crippen LogP contribution >= 0.6 is 0 Å². The Labute approximate surface area is 135 Å². The van der Waals surface area contributed by atoms with Gasteiger partial charge in [-0.2, -0.15) is 0 Å². The molecule has 0 aliphatic heterocycles. The van der Waals surface area contributed by atoms with Crippen LogP contribution in [0.15, 0.2) is 30.3 Å². The molecule has 0 bridgehead atoms. The molecule has 3 amide bonds. The van der Waals surface area contributed by atoms with E-state index in [0.717, 1.165) is 5.56 Å². The summed E-state index contributed by atoms with van der Waals surface area (Å²) in [6.07, 6.45) is 0.799. The normalized spacial score (nSPS) is 11.4. The second-order valence-electron chi connectivity index (χ2n) is 4.83. The summed E-state index contributed by atoms with van der Waals surface area (Å²) < 4.78 is 4.57. The van der Waals surface area contributed by atoms with Crippen molar-refractivity contribution in [3.63, 3.8) is 0 Å². The monoisotopic (exact) mass is 321 g/mol. The van der Waals surface area contributed by atoms with Crippen LogP contribution in [0.2, 0.25) is 0 Å². The van der Waals surface area contributed by atoms with Crippen LogP contribution in [0, 0.1) is 0 Å². The van der Waals surface area contributed by atoms with Gasteiger partial charge in [-0.1, -0.05) is 30.3 Å². The van der Waals surface area contributed by atoms with Crippen LogP contribution in [0.4, 0.5) is 4.79 Å². The molecule has 0 spiro atoms. The zero-order valence-corrected chi connectivity index (χ0v) is 13.4. The van der Waals surface area contributed by atoms with Gasteiger partial charge in [-0.05, 0) is 25.5 Å². The van der Waals surface area contributed by atoms with Gasteiger partial charge in [0.15, 0.2) is 0 Å². The number of hydrogen-bond donors (Lipinski definition) is 3. The first-order valence-corrected chi connectivity index (χ1v) is 7.52. The molecule has 0 radical (unpaired) electrons. The van der Waals surface area contributed by atoms with Gasteiger partial charge >= 0.3 is 12.0 Å². The topological polar surface area (TPSA) is 96.5 Å². The zero-order valence-electron chi connectivity index (χ0n) is 13.4. The van der Waals surface area contributed by atoms with Gasteiger partial charge in [0.05, 0.1) is 7.11 Å². The molecule has 0 fully saturated rings. The Morgan fingerprint density at radius 1 is 1.17 bits per heavy atom. The van der Waals surface area contributed by atoms with E-state index in [9.17, 15) is 14.4 Å². The molecule has 0 saturated carbocycles. The number of carbonyl (C=O) groups excluding carboxylic acids is 3. The number of imide groups is 1. The smallest absolute Gasteiger partial charge is 0.321 e. The Morgan fingerprint density at radius 3 is 2.48 bits per heavy atom. The van der Waals surface area contributed by atoms with Gasteiger partial charge in [0.25, 0.3) is 0 Å². The average Bonchev–Trinajstić information content (AvgIpc) is 2.55. The molecule has 1 rings (SSSR count). The molecule has 0 saturated heterocycles. The summed E-state index contributed by atoms with van der Waals surface area (Å²) in [5, 5.41) is 7.87. The first kappa shape index (κ1) is 18.6. The molecular formula is C16H23N3O4. The minimum absolute atomic E-state index is 0.267. The van der Waals surface area contributed by atoms with Crippen molar-refractivity contribution in [2.24, 2.45) is 0 Å². The summed E-state index contributed by atoms with van der Waals surface area (Å²) >= 11 is 0. The van der Waals surface area contributed by atoms with Gasteiger partial charge in [0.2, 0.25) is 5.91 Å². The van der Waals surface area contributed by atoms with Gasteiger partial charge < -0.3 is 15.4 Å². The number of ether oxygens (including phenoxy) is 1. The van der Waals surface area contributed by atoms with Gasteiger partial charge in [-0.3, -0.25) is 14.9 Å². The quantitative estimate of drug-likeness (QED) is 0.492. The van der Waals surface area contributed by atoms with E-state index in [0.29, 0.717) is 19.5 Å². The molecule has 23 heavy (non-hydrogen) atoms. The maximum atomic E-state index is 12.3. The van der Waals surface area contributed by atoms with Crippen molar-refractivity contribution < 1.29 is 19.1 Å². The van der Waals surface area contributed by atoms with Gasteiger partial charge in [0, 0.05) is 13.0 Å². The van der Waals surface area contributed by atoms with Gasteiger partial charge in [-0.25, -0.2) is 4.79 Å². The molecule has 0 unspecified atom stereocenters. The summed E-state index contributed by atoms with van der Waals surface area (Å²) in [4.78, 5) is 34.9. The highest BCUT2D eigenvalue weighted by Gasteiger charge is 2.21. The van der Waals surface area contributed by atoms with E-state index < -0.39 is 18.0 Å². The lowest BCUT2D eigenvalue weighted by Crippen LogP contribution is -2.45. The van der Waals surface area contributed by atoms with E-state index in [-0.39, 0.29) is 12.4 Å². The Bertz CT molecular complexity index is 519. The number of rotatable bonds is 8. The van der Waals surface area contributed by atoms with Crippen molar-refractivity contribution in [2.45, 2.75) is 25.8 Å². The van der Waals surface area contributed by atoms with Crippen LogP contribution in [-0.2, 0) is 14.3 Å². The van der Waals surface area contributed by atoms with E-state index >= 15 is 0 Å². The van der Waals surface area contributed by atoms with Crippen molar-refractivity contribution in [3.05, 3.63) is 35.9 Å². The number of amides is 3. The lowest BCUT2D eigenvalue weighted by Gasteiger charge is -2.18. The van der Waals surface area contributed by atoms with Crippen LogP contribution in [0.5, 0.6) is 0 Å². The Balaban J connectivity index is 2.65. The molecular weight excluding hydrogens is 298 g/mol. The SMILES string of the molecule is CCNC(=O)NC(=O)[C@@H](NCCCC(=O)OC)c1ccccc1. The minimum Gasteiger partial charge on any atom is -0.469 e. The summed E-state index contributed by atoms with van der Waals surface area (Å²) in [5.41, 5.74) is 0.743. The van der Waals surface area contributed by atoms with Crippen molar-refractivity contribution in [3.8, 4) is 0 Å². The van der Waals surface area contributed by atoms with Crippen molar-refractivity contribution in [2.75, 3.05) is 20.2 Å². The highest BCUT2D eigenvalue weighted by Crippen LogP contribution is 2.12. The van der Waals surface area contributed by atoms with Gasteiger partial charge in [-0.15, -0.1) is 0 Å². The van der Waals surface area contributed by atoms with E-state index in [2.05, 4.69) is 20.7 Å². The third-order valence-corrected chi connectivity index (χ3v) is 3.10. The summed E-state index contributed by atoms with van der Waals surface area (Å²) in [6.45, 7) is 2.64. The Kier molecular flexibility index (Phi) is 8.38. The number of hydrogen-bond acceptors (Lipinski definition) is 5. The predicted octanol–water partition coefficient (Wildman–Crippen LogP) is 1.12. The van der Waals surface area contributed by atoms with Crippen LogP contribution in [0.3, 0.4) is 0 Å². The number of nitrogens with one attached hydrogen (secondary N) is 3. The lowest BCUT2D eigenvalue weighted by atomic mass is 10.1. The third-order valence-electron chi connectivity index (χ3n) is 3.10. The average molecular weight is 321 g/mol. The molecule has 1 aromatic rings. The molecule has 126 valence electrons. The van der Waals surface area contributed by atoms with E-state index in [1.807, 2.05) is 18.2 Å². The van der Waals surface area contributed by atoms with Crippen LogP contribution in [0.25, 0.3) is 0 Å². The first-order chi connectivity index (χ1) is 11.1. The Morgan fingerprint density at radius 2 is 1.87 bits per heavy atom. The van der Waals surface area contributed by atoms with Gasteiger partial charge in [0.1, 0.15) is 6.04 Å². The predicted molar refractivity (Wildman–Crippen MR) is 85.7 cm³/mol. The second kappa shape index (κ2) is 10.3. The van der Waals surface area contributed by atoms with Crippen molar-refractivity contribution in [1.82, 2.24) is 16.0 Å². The van der Waals surface area contributed by atoms with Crippen LogP contribution in [0.1, 0.15) is 31.4 Å². The van der Waals surface area contributed by atoms with E-state index in [1.54, 1.807) is 19.1 Å². The van der Waals surface area contributed by atoms with Crippen LogP contribution < -0.4 is 16.0 Å². The molecule has 0 heterocycles. The summed E-state index contributed by atoms with van der Waals surface area (Å²) in [6, 6.07) is 7.88. The molecule has 0 aliphatic carbocycles. The highest BCUT2D eigenvalue weighted by molar-refractivity contribution is 5.97. The first-order valence-electron chi connectivity index (χ1n) is 7.52. The third kappa shape index (κ3) is 6.92. The van der Waals surface area contributed by atoms with Crippen molar-refractivity contribution >= 4 is 17.9 Å². The summed E-state index contributed by atoms with van der Waals surface area (Å²) in [7, 11) is 1.34. The summed E-state index contributed by atoms with van der Waals surface area (Å²) in [5.74, 6) is -0.741. The Hall–Kier alpha value is -2.41. The number of esters is 1. The number of benzene rings is 1. The molecule has 0 aliphatic rings. The second-order valence-corrected chi connectivity index (χ2v) is 4.83. The molecule has 1 aromatic carbocycles. The maximum Gasteiger partial charge on any atom is 0.321 e. The molecule has 7 nitrogen and oxygen atoms in total. The lowest BCUT2D eigenvalue weighted by molar-refractivity contribution is -0.140. The fourth-order valence-corrected chi connectivity index (χ4v) is 1.98.